The predicted octanol–water partition coefficient (Wildman–Crippen LogP) is 3.71. The van der Waals surface area contributed by atoms with Gasteiger partial charge in [0.1, 0.15) is 5.60 Å². The molecule has 1 saturated carbocycles. The molecule has 0 radical (unpaired) electrons. The van der Waals surface area contributed by atoms with E-state index in [1.165, 1.54) is 10.8 Å². The van der Waals surface area contributed by atoms with E-state index in [-0.39, 0.29) is 28.7 Å². The van der Waals surface area contributed by atoms with Gasteiger partial charge >= 0.3 is 12.1 Å². The van der Waals surface area contributed by atoms with Gasteiger partial charge in [0.25, 0.3) is 5.91 Å². The molecule has 3 amide bonds. The molecule has 0 aromatic carbocycles. The van der Waals surface area contributed by atoms with Crippen LogP contribution in [0.3, 0.4) is 0 Å². The molecule has 1 aliphatic rings. The number of amides is 3. The van der Waals surface area contributed by atoms with E-state index >= 15 is 0 Å². The van der Waals surface area contributed by atoms with Crippen molar-refractivity contribution in [3.63, 3.8) is 0 Å². The van der Waals surface area contributed by atoms with Crippen LogP contribution >= 0.6 is 11.6 Å². The zero-order valence-electron chi connectivity index (χ0n) is 16.3. The molecule has 1 aliphatic carbocycles. The Balaban J connectivity index is 2.10. The summed E-state index contributed by atoms with van der Waals surface area (Å²) in [6.45, 7) is 7.26. The highest BCUT2D eigenvalue weighted by molar-refractivity contribution is 6.35. The summed E-state index contributed by atoms with van der Waals surface area (Å²) >= 11 is 6.25. The lowest BCUT2D eigenvalue weighted by atomic mass is 10.1. The number of hydrogen-bond donors (Lipinski definition) is 1. The minimum absolute atomic E-state index is 0.0540. The first kappa shape index (κ1) is 20.1. The number of carbonyl (C=O) groups is 3. The summed E-state index contributed by atoms with van der Waals surface area (Å²) in [6.07, 6.45) is 4.13. The molecule has 0 atom stereocenters. The quantitative estimate of drug-likeness (QED) is 0.781. The van der Waals surface area contributed by atoms with Crippen molar-refractivity contribution in [2.24, 2.45) is 11.7 Å². The Hall–Kier alpha value is -2.61. The Bertz CT molecular complexity index is 972. The first-order valence-corrected chi connectivity index (χ1v) is 9.38. The third-order valence-corrected chi connectivity index (χ3v) is 4.71. The van der Waals surface area contributed by atoms with Crippen LogP contribution in [0.2, 0.25) is 5.15 Å². The van der Waals surface area contributed by atoms with E-state index in [1.54, 1.807) is 33.9 Å². The fourth-order valence-electron chi connectivity index (χ4n) is 3.01. The van der Waals surface area contributed by atoms with E-state index < -0.39 is 23.6 Å². The topological polar surface area (TPSA) is 108 Å². The average molecular weight is 407 g/mol. The Morgan fingerprint density at radius 3 is 2.54 bits per heavy atom. The highest BCUT2D eigenvalue weighted by Crippen LogP contribution is 2.33. The molecule has 3 rings (SSSR count). The number of aromatic nitrogens is 2. The summed E-state index contributed by atoms with van der Waals surface area (Å²) in [7, 11) is 0. The standard InChI is InChI=1S/C19H23ClN4O4/c1-10-8-23(18(27)28-19(2,3)4)14-13(10)12(7-22-15(14)20)16(25)24(17(21)26)9-11-5-6-11/h7-8,11H,5-6,9H2,1-4H3,(H2,21,26). The Labute approximate surface area is 167 Å². The number of hydrogen-bond acceptors (Lipinski definition) is 5. The summed E-state index contributed by atoms with van der Waals surface area (Å²) in [4.78, 5) is 42.6. The van der Waals surface area contributed by atoms with Crippen LogP contribution in [-0.2, 0) is 4.74 Å². The maximum Gasteiger partial charge on any atom is 0.419 e. The van der Waals surface area contributed by atoms with Crippen molar-refractivity contribution in [3.05, 3.63) is 28.7 Å². The fraction of sp³-hybridized carbons (Fsp3) is 0.474. The molecular weight excluding hydrogens is 384 g/mol. The first-order chi connectivity index (χ1) is 13.0. The SMILES string of the molecule is Cc1cn(C(=O)OC(C)(C)C)c2c(Cl)ncc(C(=O)N(CC3CC3)C(N)=O)c12. The lowest BCUT2D eigenvalue weighted by molar-refractivity contribution is 0.0543. The number of primary amides is 1. The number of rotatable bonds is 3. The fourth-order valence-corrected chi connectivity index (χ4v) is 3.25. The number of ether oxygens (including phenoxy) is 1. The second kappa shape index (κ2) is 7.09. The van der Waals surface area contributed by atoms with E-state index in [1.807, 2.05) is 0 Å². The van der Waals surface area contributed by atoms with Gasteiger partial charge in [-0.2, -0.15) is 0 Å². The Morgan fingerprint density at radius 2 is 2.00 bits per heavy atom. The Kier molecular flexibility index (Phi) is 5.10. The zero-order chi connectivity index (χ0) is 20.8. The van der Waals surface area contributed by atoms with Crippen LogP contribution in [0.1, 0.15) is 49.5 Å². The number of nitrogens with two attached hydrogens (primary N) is 1. The molecule has 9 heteroatoms. The van der Waals surface area contributed by atoms with Crippen molar-refractivity contribution in [1.82, 2.24) is 14.5 Å². The number of urea groups is 1. The number of nitrogens with zero attached hydrogens (tertiary/aromatic N) is 3. The minimum Gasteiger partial charge on any atom is -0.443 e. The van der Waals surface area contributed by atoms with Gasteiger partial charge in [-0.15, -0.1) is 0 Å². The second-order valence-electron chi connectivity index (χ2n) is 8.05. The number of fused-ring (bicyclic) bond motifs is 1. The van der Waals surface area contributed by atoms with E-state index in [9.17, 15) is 14.4 Å². The van der Waals surface area contributed by atoms with Crippen LogP contribution in [0.4, 0.5) is 9.59 Å². The number of halogens is 1. The predicted molar refractivity (Wildman–Crippen MR) is 104 cm³/mol. The summed E-state index contributed by atoms with van der Waals surface area (Å²) in [6, 6.07) is -0.816. The van der Waals surface area contributed by atoms with E-state index in [0.29, 0.717) is 10.9 Å². The highest BCUT2D eigenvalue weighted by Gasteiger charge is 2.32. The smallest absolute Gasteiger partial charge is 0.419 e. The van der Waals surface area contributed by atoms with Crippen LogP contribution in [0.5, 0.6) is 0 Å². The molecule has 0 spiro atoms. The molecule has 2 heterocycles. The summed E-state index contributed by atoms with van der Waals surface area (Å²) in [5, 5.41) is 0.497. The molecule has 2 aromatic rings. The highest BCUT2D eigenvalue weighted by atomic mass is 35.5. The van der Waals surface area contributed by atoms with Crippen LogP contribution in [0.15, 0.2) is 12.4 Å². The van der Waals surface area contributed by atoms with E-state index in [4.69, 9.17) is 22.1 Å². The molecule has 150 valence electrons. The molecule has 2 N–H and O–H groups in total. The average Bonchev–Trinajstić information content (AvgIpc) is 3.32. The van der Waals surface area contributed by atoms with Gasteiger partial charge in [-0.25, -0.2) is 19.1 Å². The monoisotopic (exact) mass is 406 g/mol. The summed E-state index contributed by atoms with van der Waals surface area (Å²) < 4.78 is 6.65. The number of imide groups is 1. The van der Waals surface area contributed by atoms with Crippen LogP contribution in [-0.4, -0.2) is 44.6 Å². The van der Waals surface area contributed by atoms with Crippen molar-refractivity contribution in [2.45, 2.75) is 46.1 Å². The third-order valence-electron chi connectivity index (χ3n) is 4.44. The van der Waals surface area contributed by atoms with Crippen molar-refractivity contribution in [3.8, 4) is 0 Å². The Morgan fingerprint density at radius 1 is 1.36 bits per heavy atom. The third kappa shape index (κ3) is 3.96. The lowest BCUT2D eigenvalue weighted by Crippen LogP contribution is -2.42. The normalized spacial score (nSPS) is 14.2. The first-order valence-electron chi connectivity index (χ1n) is 9.00. The molecule has 0 saturated heterocycles. The van der Waals surface area contributed by atoms with Crippen molar-refractivity contribution >= 4 is 40.5 Å². The van der Waals surface area contributed by atoms with Gasteiger partial charge in [-0.05, 0) is 52.0 Å². The summed E-state index contributed by atoms with van der Waals surface area (Å²) in [5.41, 5.74) is 5.77. The van der Waals surface area contributed by atoms with Crippen LogP contribution in [0.25, 0.3) is 10.9 Å². The van der Waals surface area contributed by atoms with E-state index in [2.05, 4.69) is 4.98 Å². The number of pyridine rings is 1. The number of aryl methyl sites for hydroxylation is 1. The van der Waals surface area contributed by atoms with E-state index in [0.717, 1.165) is 17.7 Å². The molecular formula is C19H23ClN4O4. The maximum absolute atomic E-state index is 13.1. The molecule has 2 aromatic heterocycles. The van der Waals surface area contributed by atoms with Gasteiger partial charge in [0.15, 0.2) is 5.15 Å². The minimum atomic E-state index is -0.816. The van der Waals surface area contributed by atoms with Crippen molar-refractivity contribution < 1.29 is 19.1 Å². The lowest BCUT2D eigenvalue weighted by Gasteiger charge is -2.20. The number of carbonyl (C=O) groups excluding carboxylic acids is 3. The van der Waals surface area contributed by atoms with Gasteiger partial charge in [-0.3, -0.25) is 9.69 Å². The molecule has 0 bridgehead atoms. The zero-order valence-corrected chi connectivity index (χ0v) is 17.0. The van der Waals surface area contributed by atoms with Gasteiger partial charge in [0.05, 0.1) is 11.1 Å². The van der Waals surface area contributed by atoms with Gasteiger partial charge < -0.3 is 10.5 Å². The molecule has 28 heavy (non-hydrogen) atoms. The maximum atomic E-state index is 13.1. The van der Waals surface area contributed by atoms with Gasteiger partial charge in [0.2, 0.25) is 0 Å². The van der Waals surface area contributed by atoms with Gasteiger partial charge in [-0.1, -0.05) is 11.6 Å². The second-order valence-corrected chi connectivity index (χ2v) is 8.40. The van der Waals surface area contributed by atoms with Crippen molar-refractivity contribution in [1.29, 1.82) is 0 Å². The van der Waals surface area contributed by atoms with Crippen molar-refractivity contribution in [2.75, 3.05) is 6.54 Å². The molecule has 0 unspecified atom stereocenters. The van der Waals surface area contributed by atoms with Gasteiger partial charge in [0, 0.05) is 24.3 Å². The largest absolute Gasteiger partial charge is 0.443 e. The van der Waals surface area contributed by atoms with Crippen LogP contribution < -0.4 is 5.73 Å². The molecule has 8 nitrogen and oxygen atoms in total. The van der Waals surface area contributed by atoms with Crippen LogP contribution in [0, 0.1) is 12.8 Å². The molecule has 0 aliphatic heterocycles. The summed E-state index contributed by atoms with van der Waals surface area (Å²) in [5.74, 6) is -0.279. The molecule has 1 fully saturated rings.